The van der Waals surface area contributed by atoms with Crippen molar-refractivity contribution in [3.63, 3.8) is 0 Å². The number of ether oxygens (including phenoxy) is 6. The summed E-state index contributed by atoms with van der Waals surface area (Å²) in [6.07, 6.45) is 6.70. The number of aliphatic carboxylic acids is 1. The van der Waals surface area contributed by atoms with Gasteiger partial charge >= 0.3 is 17.9 Å². The van der Waals surface area contributed by atoms with Crippen LogP contribution >= 0.6 is 0 Å². The van der Waals surface area contributed by atoms with E-state index in [0.29, 0.717) is 102 Å². The first kappa shape index (κ1) is 53.0. The largest absolute Gasteiger partial charge is 0.481 e. The molecule has 2 amide bonds. The highest BCUT2D eigenvalue weighted by atomic mass is 16.7. The molecule has 0 bridgehead atoms. The summed E-state index contributed by atoms with van der Waals surface area (Å²) in [5, 5.41) is 14.8. The van der Waals surface area contributed by atoms with E-state index in [1.807, 2.05) is 0 Å². The third kappa shape index (κ3) is 20.6. The second kappa shape index (κ2) is 29.2. The van der Waals surface area contributed by atoms with E-state index in [0.717, 1.165) is 12.8 Å². The molecule has 15 heteroatoms. The molecule has 2 saturated heterocycles. The summed E-state index contributed by atoms with van der Waals surface area (Å²) in [5.74, 6) is -0.418. The Morgan fingerprint density at radius 3 is 1.50 bits per heavy atom. The van der Waals surface area contributed by atoms with Crippen molar-refractivity contribution >= 4 is 35.5 Å². The summed E-state index contributed by atoms with van der Waals surface area (Å²) in [6, 6.07) is -0.628. The van der Waals surface area contributed by atoms with E-state index in [9.17, 15) is 28.8 Å². The van der Waals surface area contributed by atoms with Gasteiger partial charge in [0.15, 0.2) is 18.4 Å². The highest BCUT2D eigenvalue weighted by Crippen LogP contribution is 2.37. The maximum absolute atomic E-state index is 13.2. The van der Waals surface area contributed by atoms with E-state index in [1.54, 1.807) is 0 Å². The third-order valence-corrected chi connectivity index (χ3v) is 12.6. The Morgan fingerprint density at radius 1 is 0.550 bits per heavy atom. The number of carbonyl (C=O) groups is 6. The van der Waals surface area contributed by atoms with Crippen LogP contribution in [0, 0.1) is 35.5 Å². The molecule has 0 aromatic rings. The van der Waals surface area contributed by atoms with Crippen molar-refractivity contribution < 1.29 is 62.3 Å². The van der Waals surface area contributed by atoms with Gasteiger partial charge in [0, 0.05) is 71.1 Å². The number of hydrogen-bond donors (Lipinski definition) is 3. The quantitative estimate of drug-likeness (QED) is 0.0521. The van der Waals surface area contributed by atoms with Crippen LogP contribution in [0.2, 0.25) is 0 Å². The predicted octanol–water partition coefficient (Wildman–Crippen LogP) is 6.52. The van der Waals surface area contributed by atoms with Gasteiger partial charge in [0.2, 0.25) is 11.8 Å². The summed E-state index contributed by atoms with van der Waals surface area (Å²) in [5.41, 5.74) is 0. The molecule has 3 N–H and O–H groups in total. The normalized spacial score (nSPS) is 27.1. The zero-order valence-electron chi connectivity index (χ0n) is 37.8. The van der Waals surface area contributed by atoms with Gasteiger partial charge in [0.05, 0.1) is 18.2 Å². The van der Waals surface area contributed by atoms with Gasteiger partial charge < -0.3 is 44.2 Å². The molecule has 0 radical (unpaired) electrons. The maximum atomic E-state index is 13.2. The molecule has 2 heterocycles. The van der Waals surface area contributed by atoms with Crippen LogP contribution in [0.5, 0.6) is 0 Å². The van der Waals surface area contributed by atoms with Crippen LogP contribution in [0.25, 0.3) is 0 Å². The van der Waals surface area contributed by atoms with E-state index in [1.165, 1.54) is 13.8 Å². The predicted molar refractivity (Wildman–Crippen MR) is 224 cm³/mol. The lowest BCUT2D eigenvalue weighted by molar-refractivity contribution is -0.255. The van der Waals surface area contributed by atoms with E-state index in [4.69, 9.17) is 33.5 Å². The fourth-order valence-corrected chi connectivity index (χ4v) is 7.78. The van der Waals surface area contributed by atoms with Crippen LogP contribution in [0.4, 0.5) is 0 Å². The molecule has 2 aliphatic rings. The van der Waals surface area contributed by atoms with Gasteiger partial charge in [0.25, 0.3) is 0 Å². The first-order valence-corrected chi connectivity index (χ1v) is 22.6. The molecule has 10 unspecified atom stereocenters. The van der Waals surface area contributed by atoms with Crippen LogP contribution < -0.4 is 10.6 Å². The summed E-state index contributed by atoms with van der Waals surface area (Å²) < 4.78 is 34.8. The van der Waals surface area contributed by atoms with Crippen LogP contribution in [-0.2, 0) is 57.2 Å². The van der Waals surface area contributed by atoms with Crippen molar-refractivity contribution in [1.82, 2.24) is 10.6 Å². The average Bonchev–Trinajstić information content (AvgIpc) is 3.19. The Balaban J connectivity index is 1.73. The molecule has 60 heavy (non-hydrogen) atoms. The summed E-state index contributed by atoms with van der Waals surface area (Å²) >= 11 is 0. The molecular weight excluding hydrogens is 776 g/mol. The number of unbranched alkanes of at least 4 members (excludes halogenated alkanes) is 6. The molecule has 0 spiro atoms. The average molecular weight is 855 g/mol. The van der Waals surface area contributed by atoms with Gasteiger partial charge in [-0.3, -0.25) is 28.8 Å². The van der Waals surface area contributed by atoms with Crippen LogP contribution in [-0.4, -0.2) is 104 Å². The lowest BCUT2D eigenvalue weighted by Crippen LogP contribution is -2.47. The lowest BCUT2D eigenvalue weighted by Gasteiger charge is -2.43. The maximum Gasteiger partial charge on any atom is 0.303 e. The van der Waals surface area contributed by atoms with Crippen LogP contribution in [0.1, 0.15) is 152 Å². The molecule has 346 valence electrons. The second-order valence-corrected chi connectivity index (χ2v) is 17.2. The zero-order valence-corrected chi connectivity index (χ0v) is 37.8. The van der Waals surface area contributed by atoms with Gasteiger partial charge in [-0.2, -0.15) is 0 Å². The van der Waals surface area contributed by atoms with Gasteiger partial charge in [-0.15, -0.1) is 0 Å². The minimum atomic E-state index is -0.828. The van der Waals surface area contributed by atoms with E-state index < -0.39 is 24.6 Å². The number of ketones is 1. The van der Waals surface area contributed by atoms with Crippen molar-refractivity contribution in [3.05, 3.63) is 0 Å². The minimum absolute atomic E-state index is 0.0387. The molecule has 0 aliphatic carbocycles. The Hall–Kier alpha value is -3.14. The standard InChI is InChI=1S/C45H78N2O13/c1-29-31(3)39(27-57-35(7)48)59-44(33(29)5)55-25-17-14-21-41(51)46-24-16-13-19-37(38(50)20-11-9-10-12-23-43(53)54)47-42(52)22-15-18-26-56-45-34(6)30(2)32(4)40(60-45)28-58-36(8)49/h29-34,37,39-40,44-45H,9-28H2,1-8H3,(H,46,51)(H,47,52)(H,53,54)/t29?,30?,31?,32?,33?,34?,37-,39?,40?,44?,45?/m0/s1. The van der Waals surface area contributed by atoms with Gasteiger partial charge in [0.1, 0.15) is 13.2 Å². The summed E-state index contributed by atoms with van der Waals surface area (Å²) in [6.45, 7) is 17.1. The number of carboxylic acid groups (broad SMARTS) is 1. The fraction of sp³-hybridized carbons (Fsp3) is 0.867. The van der Waals surface area contributed by atoms with E-state index in [-0.39, 0.29) is 91.5 Å². The van der Waals surface area contributed by atoms with Gasteiger partial charge in [-0.05, 0) is 81.5 Å². The minimum Gasteiger partial charge on any atom is -0.481 e. The Bertz CT molecular complexity index is 1310. The number of nitrogens with one attached hydrogen (secondary N) is 2. The first-order chi connectivity index (χ1) is 28.5. The summed E-state index contributed by atoms with van der Waals surface area (Å²) in [4.78, 5) is 72.3. The van der Waals surface area contributed by atoms with Crippen molar-refractivity contribution in [2.45, 2.75) is 183 Å². The number of amides is 2. The van der Waals surface area contributed by atoms with Crippen molar-refractivity contribution in [2.24, 2.45) is 35.5 Å². The number of esters is 2. The molecule has 15 nitrogen and oxygen atoms in total. The number of hydrogen-bond acceptors (Lipinski definition) is 12. The van der Waals surface area contributed by atoms with Crippen molar-refractivity contribution in [1.29, 1.82) is 0 Å². The molecule has 2 aliphatic heterocycles. The molecule has 2 rings (SSSR count). The molecule has 0 aromatic heterocycles. The number of carboxylic acids is 1. The summed E-state index contributed by atoms with van der Waals surface area (Å²) in [7, 11) is 0. The first-order valence-electron chi connectivity index (χ1n) is 22.6. The molecule has 0 aromatic carbocycles. The SMILES string of the molecule is CC(=O)OCC1OC(OCCCCC(=O)NCCCC[C@H](NC(=O)CCCCOC2OC(COC(C)=O)C(C)C(C)C2C)C(=O)CCCCCCC(=O)O)C(C)C(C)C1C. The Morgan fingerprint density at radius 2 is 1.02 bits per heavy atom. The third-order valence-electron chi connectivity index (χ3n) is 12.6. The lowest BCUT2D eigenvalue weighted by atomic mass is 9.79. The monoisotopic (exact) mass is 855 g/mol. The van der Waals surface area contributed by atoms with Crippen molar-refractivity contribution in [3.8, 4) is 0 Å². The number of Topliss-reactive ketones (excluding diaryl/α,β-unsaturated/α-hetero) is 1. The van der Waals surface area contributed by atoms with Crippen LogP contribution in [0.15, 0.2) is 0 Å². The topological polar surface area (TPSA) is 202 Å². The van der Waals surface area contributed by atoms with E-state index in [2.05, 4.69) is 52.2 Å². The van der Waals surface area contributed by atoms with E-state index >= 15 is 0 Å². The smallest absolute Gasteiger partial charge is 0.303 e. The van der Waals surface area contributed by atoms with Gasteiger partial charge in [-0.25, -0.2) is 0 Å². The van der Waals surface area contributed by atoms with Crippen molar-refractivity contribution in [2.75, 3.05) is 33.0 Å². The number of rotatable bonds is 30. The number of carbonyl (C=O) groups excluding carboxylic acids is 5. The van der Waals surface area contributed by atoms with Crippen LogP contribution in [0.3, 0.4) is 0 Å². The highest BCUT2D eigenvalue weighted by molar-refractivity contribution is 5.89. The molecule has 2 fully saturated rings. The molecule has 11 atom stereocenters. The molecule has 0 saturated carbocycles. The fourth-order valence-electron chi connectivity index (χ4n) is 7.78. The molecular formula is C45H78N2O13. The highest BCUT2D eigenvalue weighted by Gasteiger charge is 2.41. The zero-order chi connectivity index (χ0) is 44.6. The Labute approximate surface area is 358 Å². The van der Waals surface area contributed by atoms with Gasteiger partial charge in [-0.1, -0.05) is 54.4 Å². The Kier molecular flexibility index (Phi) is 25.8. The second-order valence-electron chi connectivity index (χ2n) is 17.2.